The van der Waals surface area contributed by atoms with Crippen LogP contribution in [0.3, 0.4) is 0 Å². The van der Waals surface area contributed by atoms with Gasteiger partial charge in [0.05, 0.1) is 14.1 Å². The van der Waals surface area contributed by atoms with E-state index in [9.17, 15) is 0 Å². The largest absolute Gasteiger partial charge is 1.00 e. The molecule has 0 unspecified atom stereocenters. The molecule has 0 aromatic heterocycles. The van der Waals surface area contributed by atoms with Crippen molar-refractivity contribution < 1.29 is 38.1 Å². The van der Waals surface area contributed by atoms with Gasteiger partial charge < -0.3 is 27.5 Å². The summed E-state index contributed by atoms with van der Waals surface area (Å²) in [5.41, 5.74) is 0. The minimum absolute atomic E-state index is 0. The monoisotopic (exact) mass is 303 g/mol. The van der Waals surface area contributed by atoms with Crippen molar-refractivity contribution in [3.05, 3.63) is 0 Å². The number of nitrogens with two attached hydrogens (primary N) is 1. The van der Waals surface area contributed by atoms with Crippen LogP contribution < -0.4 is 17.7 Å². The second kappa shape index (κ2) is 18.6. The van der Waals surface area contributed by atoms with Crippen LogP contribution in [0.1, 0.15) is 0 Å². The molecule has 0 radical (unpaired) electrons. The molecule has 3 nitrogen and oxygen atoms in total. The maximum absolute atomic E-state index is 2.18. The van der Waals surface area contributed by atoms with E-state index in [1.165, 1.54) is 0 Å². The van der Waals surface area contributed by atoms with Crippen molar-refractivity contribution in [2.24, 2.45) is 0 Å². The van der Waals surface area contributed by atoms with Crippen molar-refractivity contribution in [3.8, 4) is 0 Å². The van der Waals surface area contributed by atoms with Gasteiger partial charge in [-0.1, -0.05) is 0 Å². The molecule has 0 spiro atoms. The fourth-order valence-corrected chi connectivity index (χ4v) is 0.400. The number of hydrogen-bond acceptors (Lipinski definition) is 2. The van der Waals surface area contributed by atoms with E-state index in [-0.39, 0.29) is 32.8 Å². The Labute approximate surface area is 103 Å². The van der Waals surface area contributed by atoms with Crippen LogP contribution in [0.15, 0.2) is 0 Å². The maximum Gasteiger partial charge on any atom is 0.0647 e. The third-order valence-electron chi connectivity index (χ3n) is 0.994. The van der Waals surface area contributed by atoms with Gasteiger partial charge in [0.2, 0.25) is 0 Å². The summed E-state index contributed by atoms with van der Waals surface area (Å²) in [6.45, 7) is 2.29. The van der Waals surface area contributed by atoms with Crippen molar-refractivity contribution in [2.75, 3.05) is 55.4 Å². The number of halogens is 1. The van der Waals surface area contributed by atoms with Crippen LogP contribution in [0.2, 0.25) is 0 Å². The van der Waals surface area contributed by atoms with Gasteiger partial charge in [-0.15, -0.1) is 0 Å². The average Bonchev–Trinajstić information content (AvgIpc) is 1.85. The average molecular weight is 304 g/mol. The van der Waals surface area contributed by atoms with Gasteiger partial charge >= 0.3 is 0 Å². The zero-order valence-corrected chi connectivity index (χ0v) is 11.9. The summed E-state index contributed by atoms with van der Waals surface area (Å²) < 4.78 is 0. The van der Waals surface area contributed by atoms with Crippen LogP contribution in [0.4, 0.5) is 0 Å². The van der Waals surface area contributed by atoms with Crippen LogP contribution in [-0.2, 0) is 20.4 Å². The predicted molar refractivity (Wildman–Crippen MR) is 50.9 cm³/mol. The molecule has 0 bridgehead atoms. The summed E-state index contributed by atoms with van der Waals surface area (Å²) in [7, 11) is 12.3. The molecular weight excluding hydrogens is 280 g/mol. The van der Waals surface area contributed by atoms with E-state index in [2.05, 4.69) is 38.0 Å². The van der Waals surface area contributed by atoms with Crippen LogP contribution in [0.25, 0.3) is 0 Å². The first-order valence-electron chi connectivity index (χ1n) is 4.08. The first kappa shape index (κ1) is 23.6. The Kier molecular flexibility index (Phi) is 33.7. The number of quaternary nitrogens is 1. The molecule has 0 saturated heterocycles. The SMILES string of the molecule is CN(C)CCN(C)C.C[NH2+]C.[Cl-].[Pd]. The Balaban J connectivity index is -0.0000000720. The van der Waals surface area contributed by atoms with Gasteiger partial charge in [-0.05, 0) is 28.2 Å². The topological polar surface area (TPSA) is 23.1 Å². The Morgan fingerprint density at radius 3 is 1.08 bits per heavy atom. The van der Waals surface area contributed by atoms with Gasteiger partial charge in [0.1, 0.15) is 0 Å². The number of hydrogen-bond donors (Lipinski definition) is 1. The first-order chi connectivity index (χ1) is 5.04. The molecule has 0 aliphatic rings. The van der Waals surface area contributed by atoms with Crippen molar-refractivity contribution in [3.63, 3.8) is 0 Å². The van der Waals surface area contributed by atoms with Gasteiger partial charge in [-0.3, -0.25) is 0 Å². The van der Waals surface area contributed by atoms with Gasteiger partial charge in [0.25, 0.3) is 0 Å². The molecule has 88 valence electrons. The molecule has 0 fully saturated rings. The van der Waals surface area contributed by atoms with Crippen molar-refractivity contribution in [2.45, 2.75) is 0 Å². The van der Waals surface area contributed by atoms with E-state index in [0.29, 0.717) is 0 Å². The van der Waals surface area contributed by atoms with E-state index in [1.807, 2.05) is 19.4 Å². The van der Waals surface area contributed by atoms with E-state index in [4.69, 9.17) is 0 Å². The number of nitrogens with zero attached hydrogens (tertiary/aromatic N) is 2. The van der Waals surface area contributed by atoms with E-state index < -0.39 is 0 Å². The maximum atomic E-state index is 2.18. The van der Waals surface area contributed by atoms with Gasteiger partial charge in [0.15, 0.2) is 0 Å². The summed E-state index contributed by atoms with van der Waals surface area (Å²) in [5.74, 6) is 0. The fraction of sp³-hybridized carbons (Fsp3) is 1.00. The zero-order valence-electron chi connectivity index (χ0n) is 9.58. The second-order valence-corrected chi connectivity index (χ2v) is 3.18. The fourth-order valence-electron chi connectivity index (χ4n) is 0.400. The molecule has 0 heterocycles. The molecule has 2 N–H and O–H groups in total. The summed E-state index contributed by atoms with van der Waals surface area (Å²) in [5, 5.41) is 2.00. The standard InChI is InChI=1S/C6H16N2.C2H7N.ClH.Pd/c1-7(2)5-6-8(3)4;1-3-2;;/h5-6H2,1-4H3;3H,1-2H3;1H;. The van der Waals surface area contributed by atoms with E-state index in [0.717, 1.165) is 13.1 Å². The summed E-state index contributed by atoms with van der Waals surface area (Å²) in [6.07, 6.45) is 0. The minimum atomic E-state index is 0. The van der Waals surface area contributed by atoms with E-state index in [1.54, 1.807) is 0 Å². The molecule has 0 aromatic rings. The molecule has 0 aromatic carbocycles. The predicted octanol–water partition coefficient (Wildman–Crippen LogP) is -4.08. The summed E-state index contributed by atoms with van der Waals surface area (Å²) in [6, 6.07) is 0. The Hall–Kier alpha value is 0.832. The third kappa shape index (κ3) is 44.3. The van der Waals surface area contributed by atoms with Crippen molar-refractivity contribution in [1.29, 1.82) is 0 Å². The molecule has 13 heavy (non-hydrogen) atoms. The molecule has 0 saturated carbocycles. The number of rotatable bonds is 3. The van der Waals surface area contributed by atoms with Crippen LogP contribution in [0, 0.1) is 0 Å². The van der Waals surface area contributed by atoms with Crippen LogP contribution in [-0.4, -0.2) is 65.2 Å². The molecular formula is C8H24ClN3Pd. The Morgan fingerprint density at radius 1 is 0.846 bits per heavy atom. The van der Waals surface area contributed by atoms with Gasteiger partial charge in [-0.2, -0.15) is 0 Å². The molecule has 0 rings (SSSR count). The molecule has 0 atom stereocenters. The molecule has 0 aliphatic heterocycles. The molecule has 5 heteroatoms. The summed E-state index contributed by atoms with van der Waals surface area (Å²) in [4.78, 5) is 4.36. The minimum Gasteiger partial charge on any atom is -1.00 e. The Bertz CT molecular complexity index is 64.4. The van der Waals surface area contributed by atoms with Crippen LogP contribution >= 0.6 is 0 Å². The smallest absolute Gasteiger partial charge is 0.0647 e. The van der Waals surface area contributed by atoms with Gasteiger partial charge in [0, 0.05) is 33.5 Å². The second-order valence-electron chi connectivity index (χ2n) is 3.18. The number of likely N-dealkylation sites (N-methyl/N-ethyl adjacent to an activating group) is 2. The Morgan fingerprint density at radius 2 is 1.00 bits per heavy atom. The van der Waals surface area contributed by atoms with Gasteiger partial charge in [-0.25, -0.2) is 0 Å². The molecule has 0 amide bonds. The van der Waals surface area contributed by atoms with E-state index >= 15 is 0 Å². The van der Waals surface area contributed by atoms with Crippen LogP contribution in [0.5, 0.6) is 0 Å². The van der Waals surface area contributed by atoms with Crippen molar-refractivity contribution >= 4 is 0 Å². The van der Waals surface area contributed by atoms with Crippen molar-refractivity contribution in [1.82, 2.24) is 9.80 Å². The quantitative estimate of drug-likeness (QED) is 0.536. The normalized spacial score (nSPS) is 8.31. The zero-order chi connectivity index (χ0) is 9.28. The first-order valence-corrected chi connectivity index (χ1v) is 4.08. The summed E-state index contributed by atoms with van der Waals surface area (Å²) >= 11 is 0. The third-order valence-corrected chi connectivity index (χ3v) is 0.994. The molecule has 0 aliphatic carbocycles.